The molecule has 0 aliphatic carbocycles. The second-order valence-corrected chi connectivity index (χ2v) is 6.02. The van der Waals surface area contributed by atoms with Crippen LogP contribution in [0.5, 0.6) is 0 Å². The van der Waals surface area contributed by atoms with Crippen molar-refractivity contribution in [1.82, 2.24) is 15.5 Å². The lowest BCUT2D eigenvalue weighted by molar-refractivity contribution is -0.134. The summed E-state index contributed by atoms with van der Waals surface area (Å²) in [7, 11) is 0. The van der Waals surface area contributed by atoms with Crippen LogP contribution in [0.2, 0.25) is 0 Å². The fraction of sp³-hybridized carbons (Fsp3) is 0.688. The minimum atomic E-state index is -0.383. The third-order valence-electron chi connectivity index (χ3n) is 4.36. The highest BCUT2D eigenvalue weighted by molar-refractivity contribution is 5.81. The first-order chi connectivity index (χ1) is 10.7. The number of carbonyl (C=O) groups is 1. The van der Waals surface area contributed by atoms with Crippen LogP contribution in [0.25, 0.3) is 0 Å². The maximum Gasteiger partial charge on any atom is 0.250 e. The molecule has 2 atom stereocenters. The molecule has 22 heavy (non-hydrogen) atoms. The normalized spacial score (nSPS) is 24.3. The van der Waals surface area contributed by atoms with E-state index in [0.717, 1.165) is 31.2 Å². The Hall–Kier alpha value is -1.37. The van der Waals surface area contributed by atoms with Gasteiger partial charge in [0.15, 0.2) is 0 Å². The molecular formula is C16H25N3O3. The Bertz CT molecular complexity index is 491. The molecule has 1 amide bonds. The number of carbonyl (C=O) groups excluding carboxylic acids is 1. The minimum absolute atomic E-state index is 0.0420. The lowest BCUT2D eigenvalue weighted by Gasteiger charge is -2.28. The lowest BCUT2D eigenvalue weighted by atomic mass is 10.2. The summed E-state index contributed by atoms with van der Waals surface area (Å²) in [5.74, 6) is 1.80. The molecule has 122 valence electrons. The van der Waals surface area contributed by atoms with Crippen LogP contribution in [0.1, 0.15) is 30.4 Å². The number of hydrogen-bond donors (Lipinski definition) is 2. The zero-order chi connectivity index (χ0) is 15.4. The molecule has 1 aromatic rings. The van der Waals surface area contributed by atoms with E-state index in [0.29, 0.717) is 19.7 Å². The van der Waals surface area contributed by atoms with Gasteiger partial charge in [0.05, 0.1) is 12.6 Å². The number of aryl methyl sites for hydroxylation is 1. The first-order valence-electron chi connectivity index (χ1n) is 8.14. The van der Waals surface area contributed by atoms with Gasteiger partial charge in [-0.15, -0.1) is 0 Å². The molecule has 3 heterocycles. The van der Waals surface area contributed by atoms with Crippen molar-refractivity contribution in [3.8, 4) is 0 Å². The fourth-order valence-corrected chi connectivity index (χ4v) is 3.14. The molecule has 6 nitrogen and oxygen atoms in total. The Kier molecular flexibility index (Phi) is 5.12. The average Bonchev–Trinajstić information content (AvgIpc) is 3.21. The molecule has 2 aliphatic heterocycles. The van der Waals surface area contributed by atoms with Gasteiger partial charge in [0.2, 0.25) is 0 Å². The van der Waals surface area contributed by atoms with Crippen molar-refractivity contribution in [3.63, 3.8) is 0 Å². The maximum absolute atomic E-state index is 12.2. The van der Waals surface area contributed by atoms with Crippen molar-refractivity contribution in [3.05, 3.63) is 23.7 Å². The predicted molar refractivity (Wildman–Crippen MR) is 82.6 cm³/mol. The molecule has 2 saturated heterocycles. The summed E-state index contributed by atoms with van der Waals surface area (Å²) < 4.78 is 11.3. The van der Waals surface area contributed by atoms with Gasteiger partial charge < -0.3 is 19.8 Å². The van der Waals surface area contributed by atoms with Crippen molar-refractivity contribution in [1.29, 1.82) is 0 Å². The second kappa shape index (κ2) is 7.26. The summed E-state index contributed by atoms with van der Waals surface area (Å²) in [6.07, 6.45) is 2.03. The van der Waals surface area contributed by atoms with Gasteiger partial charge >= 0.3 is 0 Å². The smallest absolute Gasteiger partial charge is 0.250 e. The van der Waals surface area contributed by atoms with E-state index in [-0.39, 0.29) is 18.1 Å². The Labute approximate surface area is 131 Å². The van der Waals surface area contributed by atoms with Gasteiger partial charge in [-0.1, -0.05) is 0 Å². The van der Waals surface area contributed by atoms with Crippen LogP contribution in [-0.4, -0.2) is 56.2 Å². The highest BCUT2D eigenvalue weighted by Crippen LogP contribution is 2.26. The first-order valence-corrected chi connectivity index (χ1v) is 8.14. The standard InChI is InChI=1S/C16H25N3O3/c1-12-4-5-14(22-12)13(19-7-2-3-8-19)10-18-16(20)15-11-17-6-9-21-15/h4-5,13,15,17H,2-3,6-11H2,1H3,(H,18,20). The Balaban J connectivity index is 1.61. The number of amides is 1. The van der Waals surface area contributed by atoms with Gasteiger partial charge in [-0.05, 0) is 45.0 Å². The highest BCUT2D eigenvalue weighted by Gasteiger charge is 2.28. The maximum atomic E-state index is 12.2. The van der Waals surface area contributed by atoms with E-state index in [1.165, 1.54) is 12.8 Å². The SMILES string of the molecule is Cc1ccc(C(CNC(=O)C2CNCCO2)N2CCCC2)o1. The van der Waals surface area contributed by atoms with Crippen molar-refractivity contribution < 1.29 is 13.9 Å². The van der Waals surface area contributed by atoms with Crippen LogP contribution < -0.4 is 10.6 Å². The van der Waals surface area contributed by atoms with Crippen molar-refractivity contribution in [2.24, 2.45) is 0 Å². The van der Waals surface area contributed by atoms with E-state index in [2.05, 4.69) is 15.5 Å². The number of furan rings is 1. The number of hydrogen-bond acceptors (Lipinski definition) is 5. The molecule has 2 fully saturated rings. The fourth-order valence-electron chi connectivity index (χ4n) is 3.14. The van der Waals surface area contributed by atoms with Crippen LogP contribution in [0.3, 0.4) is 0 Å². The van der Waals surface area contributed by atoms with E-state index in [4.69, 9.17) is 9.15 Å². The molecule has 0 aromatic carbocycles. The van der Waals surface area contributed by atoms with E-state index < -0.39 is 0 Å². The Morgan fingerprint density at radius 3 is 2.91 bits per heavy atom. The van der Waals surface area contributed by atoms with E-state index in [1.807, 2.05) is 19.1 Å². The van der Waals surface area contributed by atoms with Crippen molar-refractivity contribution >= 4 is 5.91 Å². The summed E-state index contributed by atoms with van der Waals surface area (Å²) in [6.45, 7) is 6.61. The monoisotopic (exact) mass is 307 g/mol. The number of morpholine rings is 1. The molecule has 3 rings (SSSR count). The number of rotatable bonds is 5. The average molecular weight is 307 g/mol. The predicted octanol–water partition coefficient (Wildman–Crippen LogP) is 0.830. The summed E-state index contributed by atoms with van der Waals surface area (Å²) >= 11 is 0. The molecule has 0 bridgehead atoms. The quantitative estimate of drug-likeness (QED) is 0.843. The molecule has 0 radical (unpaired) electrons. The highest BCUT2D eigenvalue weighted by atomic mass is 16.5. The molecule has 2 aliphatic rings. The molecule has 1 aromatic heterocycles. The molecule has 2 N–H and O–H groups in total. The third kappa shape index (κ3) is 3.69. The van der Waals surface area contributed by atoms with Crippen molar-refractivity contribution in [2.75, 3.05) is 39.3 Å². The summed E-state index contributed by atoms with van der Waals surface area (Å²) in [5.41, 5.74) is 0. The molecule has 2 unspecified atom stereocenters. The topological polar surface area (TPSA) is 66.7 Å². The van der Waals surface area contributed by atoms with Crippen LogP contribution in [0.4, 0.5) is 0 Å². The second-order valence-electron chi connectivity index (χ2n) is 6.02. The first kappa shape index (κ1) is 15.5. The molecule has 6 heteroatoms. The van der Waals surface area contributed by atoms with Gasteiger partial charge in [0.1, 0.15) is 17.6 Å². The summed E-state index contributed by atoms with van der Waals surface area (Å²) in [4.78, 5) is 14.6. The van der Waals surface area contributed by atoms with Gasteiger partial charge in [0, 0.05) is 19.6 Å². The Morgan fingerprint density at radius 2 is 2.27 bits per heavy atom. The zero-order valence-electron chi connectivity index (χ0n) is 13.1. The van der Waals surface area contributed by atoms with E-state index in [1.54, 1.807) is 0 Å². The van der Waals surface area contributed by atoms with Gasteiger partial charge in [0.25, 0.3) is 5.91 Å². The number of ether oxygens (including phenoxy) is 1. The van der Waals surface area contributed by atoms with Crippen molar-refractivity contribution in [2.45, 2.75) is 31.9 Å². The van der Waals surface area contributed by atoms with Crippen LogP contribution in [0, 0.1) is 6.92 Å². The van der Waals surface area contributed by atoms with E-state index >= 15 is 0 Å². The summed E-state index contributed by atoms with van der Waals surface area (Å²) in [6, 6.07) is 4.11. The molecule has 0 spiro atoms. The molecular weight excluding hydrogens is 282 g/mol. The zero-order valence-corrected chi connectivity index (χ0v) is 13.1. The van der Waals surface area contributed by atoms with Gasteiger partial charge in [-0.25, -0.2) is 0 Å². The number of nitrogens with zero attached hydrogens (tertiary/aromatic N) is 1. The van der Waals surface area contributed by atoms with Crippen LogP contribution in [0.15, 0.2) is 16.5 Å². The van der Waals surface area contributed by atoms with E-state index in [9.17, 15) is 4.79 Å². The van der Waals surface area contributed by atoms with Crippen LogP contribution >= 0.6 is 0 Å². The lowest BCUT2D eigenvalue weighted by Crippen LogP contribution is -2.49. The van der Waals surface area contributed by atoms with Crippen LogP contribution in [-0.2, 0) is 9.53 Å². The van der Waals surface area contributed by atoms with Gasteiger partial charge in [-0.2, -0.15) is 0 Å². The third-order valence-corrected chi connectivity index (χ3v) is 4.36. The number of likely N-dealkylation sites (tertiary alicyclic amines) is 1. The largest absolute Gasteiger partial charge is 0.465 e. The van der Waals surface area contributed by atoms with Gasteiger partial charge in [-0.3, -0.25) is 9.69 Å². The summed E-state index contributed by atoms with van der Waals surface area (Å²) in [5, 5.41) is 6.21. The Morgan fingerprint density at radius 1 is 1.45 bits per heavy atom. The number of nitrogens with one attached hydrogen (secondary N) is 2. The molecule has 0 saturated carbocycles. The minimum Gasteiger partial charge on any atom is -0.465 e.